The molecule has 2 aromatic carbocycles. The third-order valence-corrected chi connectivity index (χ3v) is 4.31. The summed E-state index contributed by atoms with van der Waals surface area (Å²) in [7, 11) is 1.70. The van der Waals surface area contributed by atoms with Gasteiger partial charge >= 0.3 is 0 Å². The Kier molecular flexibility index (Phi) is 6.08. The van der Waals surface area contributed by atoms with Crippen molar-refractivity contribution in [2.24, 2.45) is 4.99 Å². The van der Waals surface area contributed by atoms with Gasteiger partial charge in [0.15, 0.2) is 0 Å². The lowest BCUT2D eigenvalue weighted by Crippen LogP contribution is -2.17. The summed E-state index contributed by atoms with van der Waals surface area (Å²) < 4.78 is 0. The smallest absolute Gasteiger partial charge is 0.207 e. The van der Waals surface area contributed by atoms with Crippen molar-refractivity contribution in [3.05, 3.63) is 70.8 Å². The molecule has 0 saturated heterocycles. The first-order valence-corrected chi connectivity index (χ1v) is 8.61. The van der Waals surface area contributed by atoms with Crippen LogP contribution in [0.1, 0.15) is 66.6 Å². The molecule has 0 aromatic heterocycles. The van der Waals surface area contributed by atoms with Gasteiger partial charge in [0.2, 0.25) is 5.78 Å². The molecule has 0 heterocycles. The number of carbonyl (C=O) groups excluding carboxylic acids is 1. The lowest BCUT2D eigenvalue weighted by molar-refractivity contribution is 0.106. The average molecular weight is 321 g/mol. The van der Waals surface area contributed by atoms with E-state index in [0.717, 1.165) is 5.56 Å². The molecule has 2 heteroatoms. The molecule has 2 nitrogen and oxygen atoms in total. The number of rotatable bonds is 6. The molecule has 0 atom stereocenters. The van der Waals surface area contributed by atoms with E-state index < -0.39 is 0 Å². The van der Waals surface area contributed by atoms with Gasteiger partial charge in [-0.05, 0) is 28.5 Å². The van der Waals surface area contributed by atoms with Gasteiger partial charge in [-0.15, -0.1) is 0 Å². The normalized spacial score (nSPS) is 12.0. The van der Waals surface area contributed by atoms with Crippen LogP contribution < -0.4 is 0 Å². The molecule has 0 bridgehead atoms. The fraction of sp³-hybridized carbons (Fsp3) is 0.364. The molecule has 0 amide bonds. The van der Waals surface area contributed by atoms with Crippen molar-refractivity contribution in [1.82, 2.24) is 0 Å². The van der Waals surface area contributed by atoms with Gasteiger partial charge in [-0.1, -0.05) is 76.2 Å². The van der Waals surface area contributed by atoms with Crippen molar-refractivity contribution in [3.63, 3.8) is 0 Å². The number of ketones is 1. The Labute approximate surface area is 145 Å². The monoisotopic (exact) mass is 321 g/mol. The molecule has 0 N–H and O–H groups in total. The van der Waals surface area contributed by atoms with Crippen molar-refractivity contribution in [3.8, 4) is 0 Å². The Morgan fingerprint density at radius 2 is 1.46 bits per heavy atom. The number of Topliss-reactive ketones (excluding diaryl/α,β-unsaturated/α-hetero) is 1. The van der Waals surface area contributed by atoms with E-state index >= 15 is 0 Å². The summed E-state index contributed by atoms with van der Waals surface area (Å²) in [5, 5.41) is 0. The molecule has 24 heavy (non-hydrogen) atoms. The Hall–Kier alpha value is -2.22. The van der Waals surface area contributed by atoms with Gasteiger partial charge in [0, 0.05) is 19.0 Å². The molecule has 0 saturated carbocycles. The fourth-order valence-electron chi connectivity index (χ4n) is 2.72. The Bertz CT molecular complexity index is 701. The van der Waals surface area contributed by atoms with Crippen LogP contribution in [0.2, 0.25) is 0 Å². The molecule has 2 aromatic rings. The Morgan fingerprint density at radius 3 is 1.92 bits per heavy atom. The van der Waals surface area contributed by atoms with Crippen LogP contribution in [0, 0.1) is 0 Å². The SMILES string of the molecule is CN=C(Cc1cc(C(C)C)cc(C(C)C)c1)C(=O)c1ccccc1. The quantitative estimate of drug-likeness (QED) is 0.515. The van der Waals surface area contributed by atoms with Gasteiger partial charge < -0.3 is 0 Å². The van der Waals surface area contributed by atoms with Crippen molar-refractivity contribution in [2.45, 2.75) is 46.0 Å². The first kappa shape index (κ1) is 18.1. The van der Waals surface area contributed by atoms with E-state index in [0.29, 0.717) is 29.5 Å². The van der Waals surface area contributed by atoms with E-state index in [-0.39, 0.29) is 5.78 Å². The number of aliphatic imine (C=N–C) groups is 1. The summed E-state index contributed by atoms with van der Waals surface area (Å²) in [6.07, 6.45) is 0.574. The van der Waals surface area contributed by atoms with Crippen molar-refractivity contribution >= 4 is 11.5 Å². The predicted octanol–water partition coefficient (Wildman–Crippen LogP) is 5.43. The van der Waals surface area contributed by atoms with Crippen LogP contribution in [0.15, 0.2) is 53.5 Å². The minimum absolute atomic E-state index is 0.0131. The molecular formula is C22H27NO. The largest absolute Gasteiger partial charge is 0.289 e. The van der Waals surface area contributed by atoms with E-state index in [1.807, 2.05) is 30.3 Å². The maximum Gasteiger partial charge on any atom is 0.207 e. The molecule has 0 unspecified atom stereocenters. The summed E-state index contributed by atoms with van der Waals surface area (Å²) in [6, 6.07) is 16.1. The second-order valence-corrected chi connectivity index (χ2v) is 6.86. The molecular weight excluding hydrogens is 294 g/mol. The lowest BCUT2D eigenvalue weighted by Gasteiger charge is -2.15. The minimum atomic E-state index is 0.0131. The molecule has 0 spiro atoms. The van der Waals surface area contributed by atoms with E-state index in [4.69, 9.17) is 0 Å². The number of hydrogen-bond acceptors (Lipinski definition) is 2. The van der Waals surface area contributed by atoms with Gasteiger partial charge in [-0.2, -0.15) is 0 Å². The standard InChI is InChI=1S/C22H27NO/c1-15(2)19-11-17(12-20(14-19)16(3)4)13-21(23-5)22(24)18-9-7-6-8-10-18/h6-12,14-16H,13H2,1-5H3. The van der Waals surface area contributed by atoms with Crippen molar-refractivity contribution in [1.29, 1.82) is 0 Å². The van der Waals surface area contributed by atoms with E-state index in [9.17, 15) is 4.79 Å². The zero-order valence-electron chi connectivity index (χ0n) is 15.3. The highest BCUT2D eigenvalue weighted by Crippen LogP contribution is 2.24. The molecule has 0 aliphatic heterocycles. The molecule has 0 fully saturated rings. The highest BCUT2D eigenvalue weighted by atomic mass is 16.1. The van der Waals surface area contributed by atoms with Crippen molar-refractivity contribution in [2.75, 3.05) is 7.05 Å². The summed E-state index contributed by atoms with van der Waals surface area (Å²) >= 11 is 0. The summed E-state index contributed by atoms with van der Waals surface area (Å²) in [5.41, 5.74) is 5.10. The van der Waals surface area contributed by atoms with Crippen LogP contribution in [0.25, 0.3) is 0 Å². The average Bonchev–Trinajstić information content (AvgIpc) is 2.59. The molecule has 0 aliphatic carbocycles. The molecule has 126 valence electrons. The fourth-order valence-corrected chi connectivity index (χ4v) is 2.72. The second-order valence-electron chi connectivity index (χ2n) is 6.86. The number of nitrogens with zero attached hydrogens (tertiary/aromatic N) is 1. The van der Waals surface area contributed by atoms with Crippen LogP contribution >= 0.6 is 0 Å². The topological polar surface area (TPSA) is 29.4 Å². The van der Waals surface area contributed by atoms with Crippen molar-refractivity contribution < 1.29 is 4.79 Å². The number of carbonyl (C=O) groups is 1. The zero-order valence-corrected chi connectivity index (χ0v) is 15.3. The maximum atomic E-state index is 12.7. The van der Waals surface area contributed by atoms with Crippen LogP contribution in [0.5, 0.6) is 0 Å². The van der Waals surface area contributed by atoms with Gasteiger partial charge in [-0.3, -0.25) is 9.79 Å². The highest BCUT2D eigenvalue weighted by molar-refractivity contribution is 6.46. The van der Waals surface area contributed by atoms with Crippen LogP contribution in [-0.4, -0.2) is 18.5 Å². The van der Waals surface area contributed by atoms with E-state index in [1.165, 1.54) is 11.1 Å². The first-order valence-electron chi connectivity index (χ1n) is 8.61. The van der Waals surface area contributed by atoms with E-state index in [1.54, 1.807) is 7.05 Å². The summed E-state index contributed by atoms with van der Waals surface area (Å²) in [4.78, 5) is 17.0. The van der Waals surface area contributed by atoms with Gasteiger partial charge in [0.1, 0.15) is 0 Å². The van der Waals surface area contributed by atoms with Crippen LogP contribution in [0.3, 0.4) is 0 Å². The summed E-state index contributed by atoms with van der Waals surface area (Å²) in [6.45, 7) is 8.81. The zero-order chi connectivity index (χ0) is 17.7. The first-order chi connectivity index (χ1) is 11.4. The third-order valence-electron chi connectivity index (χ3n) is 4.31. The van der Waals surface area contributed by atoms with Crippen LogP contribution in [0.4, 0.5) is 0 Å². The minimum Gasteiger partial charge on any atom is -0.289 e. The lowest BCUT2D eigenvalue weighted by atomic mass is 9.90. The van der Waals surface area contributed by atoms with Gasteiger partial charge in [-0.25, -0.2) is 0 Å². The van der Waals surface area contributed by atoms with Crippen LogP contribution in [-0.2, 0) is 6.42 Å². The van der Waals surface area contributed by atoms with Gasteiger partial charge in [0.25, 0.3) is 0 Å². The van der Waals surface area contributed by atoms with E-state index in [2.05, 4.69) is 50.9 Å². The second kappa shape index (κ2) is 8.05. The maximum absolute atomic E-state index is 12.7. The van der Waals surface area contributed by atoms with Gasteiger partial charge in [0.05, 0.1) is 5.71 Å². The third kappa shape index (κ3) is 4.41. The predicted molar refractivity (Wildman–Crippen MR) is 102 cm³/mol. The Balaban J connectivity index is 2.33. The number of hydrogen-bond donors (Lipinski definition) is 0. The Morgan fingerprint density at radius 1 is 0.917 bits per heavy atom. The molecule has 0 aliphatic rings. The molecule has 0 radical (unpaired) electrons. The number of benzene rings is 2. The summed E-state index contributed by atoms with van der Waals surface area (Å²) in [5.74, 6) is 0.947. The molecule has 2 rings (SSSR count). The highest BCUT2D eigenvalue weighted by Gasteiger charge is 2.15.